The second-order valence-electron chi connectivity index (χ2n) is 3.72. The molecular formula is C12H17NO2. The topological polar surface area (TPSA) is 40.5 Å². The van der Waals surface area contributed by atoms with Crippen LogP contribution in [0.4, 0.5) is 0 Å². The first-order chi connectivity index (χ1) is 7.15. The molecular weight excluding hydrogens is 190 g/mol. The van der Waals surface area contributed by atoms with Crippen LogP contribution in [0.3, 0.4) is 0 Å². The SMILES string of the molecule is CN(C)C(=O)c1ccc(CCCO)cc1. The number of carbonyl (C=O) groups is 1. The largest absolute Gasteiger partial charge is 0.396 e. The maximum atomic E-state index is 11.6. The molecule has 0 bridgehead atoms. The van der Waals surface area contributed by atoms with Crippen molar-refractivity contribution < 1.29 is 9.90 Å². The Labute approximate surface area is 90.3 Å². The monoisotopic (exact) mass is 207 g/mol. The Kier molecular flexibility index (Phi) is 4.31. The van der Waals surface area contributed by atoms with Crippen LogP contribution < -0.4 is 0 Å². The number of hydrogen-bond donors (Lipinski definition) is 1. The van der Waals surface area contributed by atoms with Crippen LogP contribution in [0.15, 0.2) is 24.3 Å². The highest BCUT2D eigenvalue weighted by Crippen LogP contribution is 2.08. The summed E-state index contributed by atoms with van der Waals surface area (Å²) >= 11 is 0. The van der Waals surface area contributed by atoms with Crippen LogP contribution in [0.5, 0.6) is 0 Å². The summed E-state index contributed by atoms with van der Waals surface area (Å²) in [6, 6.07) is 7.53. The summed E-state index contributed by atoms with van der Waals surface area (Å²) in [6.45, 7) is 0.207. The molecule has 0 atom stereocenters. The fraction of sp³-hybridized carbons (Fsp3) is 0.417. The van der Waals surface area contributed by atoms with E-state index in [2.05, 4.69) is 0 Å². The van der Waals surface area contributed by atoms with Crippen LogP contribution in [0.2, 0.25) is 0 Å². The fourth-order valence-electron chi connectivity index (χ4n) is 1.36. The zero-order valence-corrected chi connectivity index (χ0v) is 9.23. The van der Waals surface area contributed by atoms with Crippen LogP contribution >= 0.6 is 0 Å². The standard InChI is InChI=1S/C12H17NO2/c1-13(2)12(15)11-7-5-10(6-8-11)4-3-9-14/h5-8,14H,3-4,9H2,1-2H3. The van der Waals surface area contributed by atoms with Crippen LogP contribution in [-0.4, -0.2) is 36.6 Å². The number of rotatable bonds is 4. The third kappa shape index (κ3) is 3.36. The first kappa shape index (κ1) is 11.7. The number of amides is 1. The van der Waals surface area contributed by atoms with Gasteiger partial charge in [0.2, 0.25) is 0 Å². The van der Waals surface area contributed by atoms with E-state index in [4.69, 9.17) is 5.11 Å². The van der Waals surface area contributed by atoms with Crippen molar-refractivity contribution in [1.29, 1.82) is 0 Å². The minimum absolute atomic E-state index is 0.0173. The molecule has 1 amide bonds. The number of aliphatic hydroxyl groups is 1. The number of nitrogens with zero attached hydrogens (tertiary/aromatic N) is 1. The Morgan fingerprint density at radius 1 is 1.27 bits per heavy atom. The van der Waals surface area contributed by atoms with E-state index >= 15 is 0 Å². The van der Waals surface area contributed by atoms with E-state index in [1.165, 1.54) is 0 Å². The molecule has 0 aliphatic rings. The Hall–Kier alpha value is -1.35. The first-order valence-electron chi connectivity index (χ1n) is 5.06. The van der Waals surface area contributed by atoms with E-state index in [0.29, 0.717) is 5.56 Å². The number of benzene rings is 1. The van der Waals surface area contributed by atoms with Gasteiger partial charge in [-0.2, -0.15) is 0 Å². The molecule has 15 heavy (non-hydrogen) atoms. The molecule has 0 unspecified atom stereocenters. The van der Waals surface area contributed by atoms with Gasteiger partial charge in [0.25, 0.3) is 5.91 Å². The number of carbonyl (C=O) groups excluding carboxylic acids is 1. The summed E-state index contributed by atoms with van der Waals surface area (Å²) in [5.41, 5.74) is 1.85. The van der Waals surface area contributed by atoms with E-state index in [1.54, 1.807) is 19.0 Å². The second-order valence-corrected chi connectivity index (χ2v) is 3.72. The third-order valence-corrected chi connectivity index (χ3v) is 2.23. The van der Waals surface area contributed by atoms with E-state index in [0.717, 1.165) is 18.4 Å². The summed E-state index contributed by atoms with van der Waals surface area (Å²) in [5.74, 6) is 0.0173. The molecule has 0 heterocycles. The van der Waals surface area contributed by atoms with E-state index in [1.807, 2.05) is 24.3 Å². The van der Waals surface area contributed by atoms with Crippen molar-refractivity contribution in [1.82, 2.24) is 4.90 Å². The van der Waals surface area contributed by atoms with Crippen molar-refractivity contribution in [3.05, 3.63) is 35.4 Å². The van der Waals surface area contributed by atoms with Gasteiger partial charge in [0.15, 0.2) is 0 Å². The lowest BCUT2D eigenvalue weighted by molar-refractivity contribution is 0.0827. The van der Waals surface area contributed by atoms with Gasteiger partial charge >= 0.3 is 0 Å². The van der Waals surface area contributed by atoms with E-state index in [-0.39, 0.29) is 12.5 Å². The molecule has 0 aliphatic heterocycles. The van der Waals surface area contributed by atoms with Crippen molar-refractivity contribution in [3.63, 3.8) is 0 Å². The molecule has 0 aliphatic carbocycles. The Morgan fingerprint density at radius 3 is 2.33 bits per heavy atom. The maximum Gasteiger partial charge on any atom is 0.253 e. The summed E-state index contributed by atoms with van der Waals surface area (Å²) in [6.07, 6.45) is 1.62. The maximum absolute atomic E-state index is 11.6. The third-order valence-electron chi connectivity index (χ3n) is 2.23. The zero-order valence-electron chi connectivity index (χ0n) is 9.23. The average molecular weight is 207 g/mol. The summed E-state index contributed by atoms with van der Waals surface area (Å²) < 4.78 is 0. The van der Waals surface area contributed by atoms with Crippen molar-refractivity contribution in [2.24, 2.45) is 0 Å². The summed E-state index contributed by atoms with van der Waals surface area (Å²) in [5, 5.41) is 8.68. The van der Waals surface area contributed by atoms with Crippen LogP contribution in [0, 0.1) is 0 Å². The molecule has 0 radical (unpaired) electrons. The highest BCUT2D eigenvalue weighted by molar-refractivity contribution is 5.93. The molecule has 1 aromatic carbocycles. The predicted molar refractivity (Wildman–Crippen MR) is 59.9 cm³/mol. The molecule has 0 saturated carbocycles. The summed E-state index contributed by atoms with van der Waals surface area (Å²) in [7, 11) is 3.48. The van der Waals surface area contributed by atoms with Crippen LogP contribution in [0.1, 0.15) is 22.3 Å². The lowest BCUT2D eigenvalue weighted by Gasteiger charge is -2.10. The number of aliphatic hydroxyl groups excluding tert-OH is 1. The average Bonchev–Trinajstić information content (AvgIpc) is 2.26. The van der Waals surface area contributed by atoms with Gasteiger partial charge < -0.3 is 10.0 Å². The first-order valence-corrected chi connectivity index (χ1v) is 5.06. The highest BCUT2D eigenvalue weighted by atomic mass is 16.2. The number of hydrogen-bond acceptors (Lipinski definition) is 2. The summed E-state index contributed by atoms with van der Waals surface area (Å²) in [4.78, 5) is 13.1. The quantitative estimate of drug-likeness (QED) is 0.808. The molecule has 82 valence electrons. The minimum Gasteiger partial charge on any atom is -0.396 e. The lowest BCUT2D eigenvalue weighted by atomic mass is 10.1. The Bertz CT molecular complexity index is 317. The molecule has 0 fully saturated rings. The van der Waals surface area contributed by atoms with Gasteiger partial charge in [0.05, 0.1) is 0 Å². The van der Waals surface area contributed by atoms with Crippen LogP contribution in [0.25, 0.3) is 0 Å². The van der Waals surface area contributed by atoms with E-state index < -0.39 is 0 Å². The molecule has 1 N–H and O–H groups in total. The van der Waals surface area contributed by atoms with Gasteiger partial charge in [-0.25, -0.2) is 0 Å². The number of aryl methyl sites for hydroxylation is 1. The molecule has 0 aromatic heterocycles. The van der Waals surface area contributed by atoms with Gasteiger partial charge in [0.1, 0.15) is 0 Å². The Balaban J connectivity index is 2.68. The zero-order chi connectivity index (χ0) is 11.3. The fourth-order valence-corrected chi connectivity index (χ4v) is 1.36. The van der Waals surface area contributed by atoms with Gasteiger partial charge in [-0.3, -0.25) is 4.79 Å². The normalized spacial score (nSPS) is 10.1. The molecule has 1 rings (SSSR count). The molecule has 0 spiro atoms. The van der Waals surface area contributed by atoms with Crippen molar-refractivity contribution in [3.8, 4) is 0 Å². The van der Waals surface area contributed by atoms with Gasteiger partial charge in [-0.1, -0.05) is 12.1 Å². The predicted octanol–water partition coefficient (Wildman–Crippen LogP) is 1.31. The second kappa shape index (κ2) is 5.51. The van der Waals surface area contributed by atoms with E-state index in [9.17, 15) is 4.79 Å². The van der Waals surface area contributed by atoms with Crippen LogP contribution in [-0.2, 0) is 6.42 Å². The molecule has 1 aromatic rings. The van der Waals surface area contributed by atoms with Crippen molar-refractivity contribution >= 4 is 5.91 Å². The van der Waals surface area contributed by atoms with Gasteiger partial charge in [0, 0.05) is 26.3 Å². The molecule has 3 nitrogen and oxygen atoms in total. The van der Waals surface area contributed by atoms with Crippen molar-refractivity contribution in [2.75, 3.05) is 20.7 Å². The highest BCUT2D eigenvalue weighted by Gasteiger charge is 2.06. The minimum atomic E-state index is 0.0173. The molecule has 3 heteroatoms. The van der Waals surface area contributed by atoms with Gasteiger partial charge in [-0.05, 0) is 30.5 Å². The van der Waals surface area contributed by atoms with Gasteiger partial charge in [-0.15, -0.1) is 0 Å². The molecule has 0 saturated heterocycles. The van der Waals surface area contributed by atoms with Crippen molar-refractivity contribution in [2.45, 2.75) is 12.8 Å². The lowest BCUT2D eigenvalue weighted by Crippen LogP contribution is -2.21. The Morgan fingerprint density at radius 2 is 1.87 bits per heavy atom. The smallest absolute Gasteiger partial charge is 0.253 e.